The molecule has 0 saturated heterocycles. The molecule has 0 aliphatic heterocycles. The Kier molecular flexibility index (Phi) is 11.5. The van der Waals surface area contributed by atoms with Gasteiger partial charge in [0.15, 0.2) is 12.4 Å². The lowest BCUT2D eigenvalue weighted by Crippen LogP contribution is -2.40. The predicted molar refractivity (Wildman–Crippen MR) is 174 cm³/mol. The van der Waals surface area contributed by atoms with Gasteiger partial charge in [0.1, 0.15) is 17.1 Å². The summed E-state index contributed by atoms with van der Waals surface area (Å²) in [4.78, 5) is 39.1. The third-order valence-electron chi connectivity index (χ3n) is 7.57. The number of aromatic nitrogens is 3. The number of imidazole rings is 1. The quantitative estimate of drug-likeness (QED) is 0.174. The number of hydrogen-bond donors (Lipinski definition) is 1. The van der Waals surface area contributed by atoms with Crippen molar-refractivity contribution in [3.8, 4) is 5.75 Å². The van der Waals surface area contributed by atoms with Crippen LogP contribution in [0, 0.1) is 0 Å². The van der Waals surface area contributed by atoms with Crippen molar-refractivity contribution in [3.05, 3.63) is 59.9 Å². The molecule has 1 amide bonds. The first-order valence-electron chi connectivity index (χ1n) is 15.7. The van der Waals surface area contributed by atoms with E-state index in [0.29, 0.717) is 37.7 Å². The highest BCUT2D eigenvalue weighted by atomic mass is 16.6. The summed E-state index contributed by atoms with van der Waals surface area (Å²) in [7, 11) is 0. The maximum atomic E-state index is 13.6. The first kappa shape index (κ1) is 32.7. The van der Waals surface area contributed by atoms with Crippen LogP contribution in [0.25, 0.3) is 21.9 Å². The number of hydrogen-bond acceptors (Lipinski definition) is 8. The van der Waals surface area contributed by atoms with Crippen LogP contribution in [0.3, 0.4) is 0 Å². The Morgan fingerprint density at radius 2 is 1.80 bits per heavy atom. The number of esters is 1. The van der Waals surface area contributed by atoms with Gasteiger partial charge >= 0.3 is 5.97 Å². The van der Waals surface area contributed by atoms with E-state index in [2.05, 4.69) is 41.3 Å². The van der Waals surface area contributed by atoms with Crippen molar-refractivity contribution in [2.75, 3.05) is 38.5 Å². The molecule has 2 aromatic carbocycles. The number of carbonyl (C=O) groups is 2. The van der Waals surface area contributed by atoms with E-state index >= 15 is 0 Å². The number of para-hydroxylation sites is 1. The molecule has 0 atom stereocenters. The van der Waals surface area contributed by atoms with Crippen LogP contribution < -0.4 is 10.5 Å². The fraction of sp³-hybridized carbons (Fsp3) is 0.471. The highest BCUT2D eigenvalue weighted by Crippen LogP contribution is 2.29. The number of fused-ring (bicyclic) bond motifs is 3. The van der Waals surface area contributed by atoms with Gasteiger partial charge in [-0.15, -0.1) is 0 Å². The molecule has 2 aromatic heterocycles. The second-order valence-electron chi connectivity index (χ2n) is 11.2. The molecule has 4 aromatic rings. The molecule has 0 aliphatic carbocycles. The van der Waals surface area contributed by atoms with E-state index < -0.39 is 5.97 Å². The van der Waals surface area contributed by atoms with E-state index in [1.807, 2.05) is 41.3 Å². The summed E-state index contributed by atoms with van der Waals surface area (Å²) >= 11 is 0. The predicted octanol–water partition coefficient (Wildman–Crippen LogP) is 5.21. The second kappa shape index (κ2) is 15.5. The van der Waals surface area contributed by atoms with Crippen molar-refractivity contribution >= 4 is 39.6 Å². The highest BCUT2D eigenvalue weighted by molar-refractivity contribution is 6.06. The standard InChI is InChI=1S/C34H46N6O4/c1-6-13-29-37-32-33(27-16-9-10-17-28(27)36-34(32)35)40(29)19-12-18-39(30(41)22-38(7-2)8-3)21-25-14-11-15-26(20-25)43-23-31(42)44-24(4)5/h9-11,14-17,20,24H,6-8,12-13,18-19,21-23H2,1-5H3,(H2,35,36). The minimum absolute atomic E-state index is 0.0729. The van der Waals surface area contributed by atoms with Gasteiger partial charge in [-0.2, -0.15) is 0 Å². The van der Waals surface area contributed by atoms with Gasteiger partial charge in [0.05, 0.1) is 23.7 Å². The molecular formula is C34H46N6O4. The molecule has 4 rings (SSSR count). The van der Waals surface area contributed by atoms with Gasteiger partial charge in [0.25, 0.3) is 0 Å². The Morgan fingerprint density at radius 3 is 2.52 bits per heavy atom. The summed E-state index contributed by atoms with van der Waals surface area (Å²) in [6.45, 7) is 13.4. The molecular weight excluding hydrogens is 556 g/mol. The molecule has 10 heteroatoms. The van der Waals surface area contributed by atoms with E-state index in [4.69, 9.17) is 20.2 Å². The number of nitrogens with two attached hydrogens (primary N) is 1. The van der Waals surface area contributed by atoms with E-state index in [0.717, 1.165) is 65.7 Å². The minimum atomic E-state index is -0.416. The fourth-order valence-corrected chi connectivity index (χ4v) is 5.40. The molecule has 44 heavy (non-hydrogen) atoms. The molecule has 0 bridgehead atoms. The summed E-state index contributed by atoms with van der Waals surface area (Å²) < 4.78 is 13.1. The number of nitrogen functional groups attached to an aromatic ring is 1. The zero-order chi connectivity index (χ0) is 31.6. The molecule has 10 nitrogen and oxygen atoms in total. The van der Waals surface area contributed by atoms with E-state index in [1.54, 1.807) is 19.9 Å². The Balaban J connectivity index is 1.55. The summed E-state index contributed by atoms with van der Waals surface area (Å²) in [6.07, 6.45) is 2.31. The maximum absolute atomic E-state index is 13.6. The van der Waals surface area contributed by atoms with Crippen molar-refractivity contribution in [1.29, 1.82) is 0 Å². The zero-order valence-corrected chi connectivity index (χ0v) is 26.7. The minimum Gasteiger partial charge on any atom is -0.482 e. The number of benzene rings is 2. The average molecular weight is 603 g/mol. The van der Waals surface area contributed by atoms with Crippen LogP contribution in [0.5, 0.6) is 5.75 Å². The SMILES string of the molecule is CCCc1nc2c(N)nc3ccccc3c2n1CCCN(Cc1cccc(OCC(=O)OC(C)C)c1)C(=O)CN(CC)CC. The average Bonchev–Trinajstić information content (AvgIpc) is 3.37. The molecule has 236 valence electrons. The van der Waals surface area contributed by atoms with Crippen LogP contribution >= 0.6 is 0 Å². The van der Waals surface area contributed by atoms with Gasteiger partial charge in [-0.1, -0.05) is 51.1 Å². The number of anilines is 1. The number of aryl methyl sites for hydroxylation is 2. The lowest BCUT2D eigenvalue weighted by Gasteiger charge is -2.27. The maximum Gasteiger partial charge on any atom is 0.344 e. The third-order valence-corrected chi connectivity index (χ3v) is 7.57. The Labute approximate surface area is 260 Å². The summed E-state index contributed by atoms with van der Waals surface area (Å²) in [5, 5.41) is 1.02. The largest absolute Gasteiger partial charge is 0.482 e. The van der Waals surface area contributed by atoms with Gasteiger partial charge < -0.3 is 24.7 Å². The first-order valence-corrected chi connectivity index (χ1v) is 15.7. The van der Waals surface area contributed by atoms with Crippen molar-refractivity contribution in [3.63, 3.8) is 0 Å². The van der Waals surface area contributed by atoms with E-state index in [9.17, 15) is 9.59 Å². The van der Waals surface area contributed by atoms with Crippen LogP contribution in [0.15, 0.2) is 48.5 Å². The molecule has 0 radical (unpaired) electrons. The lowest BCUT2D eigenvalue weighted by molar-refractivity contribution is -0.149. The number of rotatable bonds is 16. The smallest absolute Gasteiger partial charge is 0.344 e. The summed E-state index contributed by atoms with van der Waals surface area (Å²) in [5.74, 6) is 1.64. The van der Waals surface area contributed by atoms with Gasteiger partial charge in [0, 0.05) is 31.4 Å². The Hall–Kier alpha value is -4.18. The Bertz CT molecular complexity index is 1560. The molecule has 0 unspecified atom stereocenters. The van der Waals surface area contributed by atoms with Crippen LogP contribution in [-0.4, -0.2) is 75.1 Å². The number of likely N-dealkylation sites (N-methyl/N-ethyl adjacent to an activating group) is 1. The summed E-state index contributed by atoms with van der Waals surface area (Å²) in [6, 6.07) is 15.5. The normalized spacial score (nSPS) is 11.5. The molecule has 0 spiro atoms. The second-order valence-corrected chi connectivity index (χ2v) is 11.2. The zero-order valence-electron chi connectivity index (χ0n) is 26.7. The van der Waals surface area contributed by atoms with E-state index in [-0.39, 0.29) is 18.6 Å². The Morgan fingerprint density at radius 1 is 1.02 bits per heavy atom. The van der Waals surface area contributed by atoms with Gasteiger partial charge in [-0.05, 0) is 63.5 Å². The van der Waals surface area contributed by atoms with E-state index in [1.165, 1.54) is 0 Å². The lowest BCUT2D eigenvalue weighted by atomic mass is 10.1. The van der Waals surface area contributed by atoms with Crippen molar-refractivity contribution < 1.29 is 19.1 Å². The number of ether oxygens (including phenoxy) is 2. The number of nitrogens with zero attached hydrogens (tertiary/aromatic N) is 5. The first-order chi connectivity index (χ1) is 21.2. The number of pyridine rings is 1. The summed E-state index contributed by atoms with van der Waals surface area (Å²) in [5.41, 5.74) is 9.87. The number of amides is 1. The molecule has 0 aliphatic rings. The van der Waals surface area contributed by atoms with Gasteiger partial charge in [-0.3, -0.25) is 9.69 Å². The monoisotopic (exact) mass is 602 g/mol. The van der Waals surface area contributed by atoms with Crippen LogP contribution in [0.2, 0.25) is 0 Å². The fourth-order valence-electron chi connectivity index (χ4n) is 5.40. The molecule has 0 fully saturated rings. The van der Waals surface area contributed by atoms with Gasteiger partial charge in [0.2, 0.25) is 5.91 Å². The molecule has 0 saturated carbocycles. The van der Waals surface area contributed by atoms with Crippen LogP contribution in [0.4, 0.5) is 5.82 Å². The van der Waals surface area contributed by atoms with Crippen molar-refractivity contribution in [1.82, 2.24) is 24.3 Å². The van der Waals surface area contributed by atoms with Crippen molar-refractivity contribution in [2.45, 2.75) is 73.1 Å². The topological polar surface area (TPSA) is 116 Å². The van der Waals surface area contributed by atoms with Crippen molar-refractivity contribution in [2.24, 2.45) is 0 Å². The third kappa shape index (κ3) is 8.25. The highest BCUT2D eigenvalue weighted by Gasteiger charge is 2.20. The van der Waals surface area contributed by atoms with Gasteiger partial charge in [-0.25, -0.2) is 14.8 Å². The molecule has 2 heterocycles. The van der Waals surface area contributed by atoms with Crippen LogP contribution in [0.1, 0.15) is 58.8 Å². The molecule has 2 N–H and O–H groups in total. The number of carbonyl (C=O) groups excluding carboxylic acids is 2. The van der Waals surface area contributed by atoms with Crippen LogP contribution in [-0.2, 0) is 33.8 Å².